The van der Waals surface area contributed by atoms with Crippen LogP contribution in [-0.2, 0) is 6.42 Å². The lowest BCUT2D eigenvalue weighted by atomic mass is 9.75. The van der Waals surface area contributed by atoms with Gasteiger partial charge in [0.2, 0.25) is 0 Å². The van der Waals surface area contributed by atoms with Crippen LogP contribution in [0.25, 0.3) is 5.69 Å². The average Bonchev–Trinajstić information content (AvgIpc) is 3.08. The Balaban J connectivity index is 1.78. The number of ketones is 1. The van der Waals surface area contributed by atoms with Crippen molar-refractivity contribution in [2.24, 2.45) is 11.1 Å². The molecule has 2 aliphatic carbocycles. The van der Waals surface area contributed by atoms with Crippen LogP contribution in [0.5, 0.6) is 0 Å². The zero-order chi connectivity index (χ0) is 23.2. The van der Waals surface area contributed by atoms with E-state index in [1.54, 1.807) is 18.2 Å². The predicted octanol–water partition coefficient (Wildman–Crippen LogP) is 3.78. The molecule has 1 aromatic heterocycles. The molecule has 0 aliphatic heterocycles. The van der Waals surface area contributed by atoms with Gasteiger partial charge in [0.15, 0.2) is 5.78 Å². The van der Waals surface area contributed by atoms with E-state index in [4.69, 9.17) is 5.73 Å². The first-order valence-corrected chi connectivity index (χ1v) is 10.9. The number of nitrogens with one attached hydrogen (secondary N) is 1. The lowest BCUT2D eigenvalue weighted by Gasteiger charge is -2.29. The second kappa shape index (κ2) is 8.27. The highest BCUT2D eigenvalue weighted by Crippen LogP contribution is 2.40. The van der Waals surface area contributed by atoms with Crippen LogP contribution in [0.4, 0.5) is 14.5 Å². The van der Waals surface area contributed by atoms with Gasteiger partial charge < -0.3 is 16.2 Å². The summed E-state index contributed by atoms with van der Waals surface area (Å²) in [6, 6.07) is 4.86. The standard InChI is InChI=1S/C23H28F2N4O3/c1-23(2)10-17-19(18(31)11-23)20(21(24)25)28-29(17)13-5-8-15(22(26)32)16(9-13)27-12-3-6-14(30)7-4-12/h5,8-9,12,14,21,27,30H,3-4,6-7,10-11H2,1-2H3,(H2,26,32)/t12-,14-. The van der Waals surface area contributed by atoms with Gasteiger partial charge in [-0.3, -0.25) is 9.59 Å². The van der Waals surface area contributed by atoms with Gasteiger partial charge in [0.25, 0.3) is 12.3 Å². The normalized spacial score (nSPS) is 22.6. The van der Waals surface area contributed by atoms with Crippen molar-refractivity contribution in [1.82, 2.24) is 9.78 Å². The van der Waals surface area contributed by atoms with Crippen molar-refractivity contribution in [1.29, 1.82) is 0 Å². The highest BCUT2D eigenvalue weighted by Gasteiger charge is 2.38. The maximum atomic E-state index is 13.7. The number of carbonyl (C=O) groups is 2. The summed E-state index contributed by atoms with van der Waals surface area (Å²) in [5.41, 5.74) is 6.38. The molecule has 0 radical (unpaired) electrons. The fourth-order valence-corrected chi connectivity index (χ4v) is 4.78. The fourth-order valence-electron chi connectivity index (χ4n) is 4.78. The maximum Gasteiger partial charge on any atom is 0.282 e. The molecular weight excluding hydrogens is 418 g/mol. The van der Waals surface area contributed by atoms with E-state index in [1.165, 1.54) is 4.68 Å². The highest BCUT2D eigenvalue weighted by atomic mass is 19.3. The minimum absolute atomic E-state index is 0.00841. The van der Waals surface area contributed by atoms with E-state index in [9.17, 15) is 23.5 Å². The molecule has 0 atom stereocenters. The number of aliphatic hydroxyl groups excluding tert-OH is 1. The van der Waals surface area contributed by atoms with Crippen molar-refractivity contribution >= 4 is 17.4 Å². The molecule has 1 heterocycles. The van der Waals surface area contributed by atoms with Crippen LogP contribution in [0.1, 0.15) is 84.5 Å². The van der Waals surface area contributed by atoms with E-state index in [-0.39, 0.29) is 40.9 Å². The fraction of sp³-hybridized carbons (Fsp3) is 0.522. The maximum absolute atomic E-state index is 13.7. The summed E-state index contributed by atoms with van der Waals surface area (Å²) in [7, 11) is 0. The number of alkyl halides is 2. The zero-order valence-corrected chi connectivity index (χ0v) is 18.2. The van der Waals surface area contributed by atoms with E-state index in [2.05, 4.69) is 10.4 Å². The van der Waals surface area contributed by atoms with Gasteiger partial charge in [-0.25, -0.2) is 13.5 Å². The van der Waals surface area contributed by atoms with Crippen LogP contribution in [0.15, 0.2) is 18.2 Å². The molecule has 1 amide bonds. The van der Waals surface area contributed by atoms with E-state index in [1.807, 2.05) is 13.8 Å². The minimum atomic E-state index is -2.87. The number of benzene rings is 1. The van der Waals surface area contributed by atoms with Crippen molar-refractivity contribution in [2.45, 2.75) is 70.9 Å². The first-order valence-electron chi connectivity index (χ1n) is 10.9. The van der Waals surface area contributed by atoms with Gasteiger partial charge >= 0.3 is 0 Å². The van der Waals surface area contributed by atoms with E-state index in [0.29, 0.717) is 36.3 Å². The Morgan fingerprint density at radius 1 is 1.25 bits per heavy atom. The molecule has 32 heavy (non-hydrogen) atoms. The van der Waals surface area contributed by atoms with Gasteiger partial charge in [-0.15, -0.1) is 0 Å². The van der Waals surface area contributed by atoms with Crippen molar-refractivity contribution in [3.8, 4) is 5.69 Å². The van der Waals surface area contributed by atoms with Crippen LogP contribution in [0.3, 0.4) is 0 Å². The second-order valence-electron chi connectivity index (χ2n) is 9.60. The number of carbonyl (C=O) groups excluding carboxylic acids is 2. The number of Topliss-reactive ketones (excluding diaryl/α,β-unsaturated/α-hetero) is 1. The molecule has 1 fully saturated rings. The molecule has 9 heteroatoms. The third-order valence-corrected chi connectivity index (χ3v) is 6.35. The molecule has 172 valence electrons. The Labute approximate surface area is 185 Å². The molecule has 1 saturated carbocycles. The van der Waals surface area contributed by atoms with Crippen molar-refractivity contribution in [2.75, 3.05) is 5.32 Å². The number of fused-ring (bicyclic) bond motifs is 1. The zero-order valence-electron chi connectivity index (χ0n) is 18.2. The number of amides is 1. The first-order chi connectivity index (χ1) is 15.1. The molecule has 4 rings (SSSR count). The average molecular weight is 446 g/mol. The van der Waals surface area contributed by atoms with Crippen LogP contribution in [0, 0.1) is 5.41 Å². The van der Waals surface area contributed by atoms with Crippen LogP contribution in [0.2, 0.25) is 0 Å². The van der Waals surface area contributed by atoms with Crippen LogP contribution >= 0.6 is 0 Å². The van der Waals surface area contributed by atoms with E-state index < -0.39 is 18.0 Å². The molecule has 1 aromatic carbocycles. The number of hydrogen-bond donors (Lipinski definition) is 3. The predicted molar refractivity (Wildman–Crippen MR) is 115 cm³/mol. The number of hydrogen-bond acceptors (Lipinski definition) is 5. The van der Waals surface area contributed by atoms with Gasteiger partial charge in [0, 0.05) is 18.2 Å². The van der Waals surface area contributed by atoms with E-state index in [0.717, 1.165) is 12.8 Å². The summed E-state index contributed by atoms with van der Waals surface area (Å²) < 4.78 is 28.8. The monoisotopic (exact) mass is 446 g/mol. The first kappa shape index (κ1) is 22.4. The minimum Gasteiger partial charge on any atom is -0.393 e. The Morgan fingerprint density at radius 2 is 1.94 bits per heavy atom. The van der Waals surface area contributed by atoms with Gasteiger partial charge in [0.05, 0.1) is 28.6 Å². The molecule has 2 aliphatic rings. The third-order valence-electron chi connectivity index (χ3n) is 6.35. The summed E-state index contributed by atoms with van der Waals surface area (Å²) in [6.45, 7) is 3.85. The number of nitrogens with zero attached hydrogens (tertiary/aromatic N) is 2. The molecule has 7 nitrogen and oxygen atoms in total. The van der Waals surface area contributed by atoms with Gasteiger partial charge in [-0.05, 0) is 55.7 Å². The third kappa shape index (κ3) is 4.26. The summed E-state index contributed by atoms with van der Waals surface area (Å²) >= 11 is 0. The SMILES string of the molecule is CC1(C)CC(=O)c2c(C(F)F)nn(-c3ccc(C(N)=O)c(N[C@H]4CC[C@H](O)CC4)c3)c2C1. The molecule has 0 bridgehead atoms. The largest absolute Gasteiger partial charge is 0.393 e. The quantitative estimate of drug-likeness (QED) is 0.647. The lowest BCUT2D eigenvalue weighted by Crippen LogP contribution is -2.29. The van der Waals surface area contributed by atoms with Crippen molar-refractivity contribution in [3.05, 3.63) is 40.7 Å². The Bertz CT molecular complexity index is 1060. The Kier molecular flexibility index (Phi) is 5.79. The van der Waals surface area contributed by atoms with Crippen LogP contribution in [-0.4, -0.2) is 38.7 Å². The smallest absolute Gasteiger partial charge is 0.282 e. The van der Waals surface area contributed by atoms with Gasteiger partial charge in [-0.1, -0.05) is 13.8 Å². The lowest BCUT2D eigenvalue weighted by molar-refractivity contribution is 0.0896. The Morgan fingerprint density at radius 3 is 2.56 bits per heavy atom. The number of halogens is 2. The molecule has 2 aromatic rings. The van der Waals surface area contributed by atoms with E-state index >= 15 is 0 Å². The molecule has 0 spiro atoms. The summed E-state index contributed by atoms with van der Waals surface area (Å²) in [5.74, 6) is -0.937. The number of nitrogens with two attached hydrogens (primary N) is 1. The number of primary amides is 1. The highest BCUT2D eigenvalue weighted by molar-refractivity contribution is 6.00. The second-order valence-corrected chi connectivity index (χ2v) is 9.60. The summed E-state index contributed by atoms with van der Waals surface area (Å²) in [6.07, 6.45) is 0.208. The molecule has 0 saturated heterocycles. The summed E-state index contributed by atoms with van der Waals surface area (Å²) in [4.78, 5) is 24.7. The van der Waals surface area contributed by atoms with Gasteiger partial charge in [0.1, 0.15) is 5.69 Å². The van der Waals surface area contributed by atoms with Gasteiger partial charge in [-0.2, -0.15) is 5.10 Å². The topological polar surface area (TPSA) is 110 Å². The van der Waals surface area contributed by atoms with Crippen molar-refractivity contribution < 1.29 is 23.5 Å². The number of aromatic nitrogens is 2. The molecule has 0 unspecified atom stereocenters. The number of aliphatic hydroxyl groups is 1. The molecule has 4 N–H and O–H groups in total. The van der Waals surface area contributed by atoms with Crippen molar-refractivity contribution in [3.63, 3.8) is 0 Å². The number of rotatable bonds is 5. The van der Waals surface area contributed by atoms with Crippen LogP contribution < -0.4 is 11.1 Å². The Hall–Kier alpha value is -2.81. The number of anilines is 1. The summed E-state index contributed by atoms with van der Waals surface area (Å²) in [5, 5.41) is 17.2. The molecular formula is C23H28F2N4O3.